The van der Waals surface area contributed by atoms with Crippen LogP contribution in [0.3, 0.4) is 0 Å². The Kier molecular flexibility index (Phi) is 94700. The first-order chi connectivity index (χ1) is 7.24. The van der Waals surface area contributed by atoms with Gasteiger partial charge in [0.05, 0.1) is 14.7 Å². The van der Waals surface area contributed by atoms with Gasteiger partial charge in [0, 0.05) is 31.6 Å². The second-order valence-electron chi connectivity index (χ2n) is 0.526. The van der Waals surface area contributed by atoms with Gasteiger partial charge in [-0.3, -0.25) is 0 Å². The van der Waals surface area contributed by atoms with Crippen LogP contribution in [-0.4, -0.2) is 63.5 Å². The van der Waals surface area contributed by atoms with Gasteiger partial charge in [-0.1, -0.05) is 236 Å². The summed E-state index contributed by atoms with van der Waals surface area (Å²) in [5, 5.41) is 0. The third-order valence-electron chi connectivity index (χ3n) is 0. The molecule has 0 bridgehead atoms. The van der Waals surface area contributed by atoms with E-state index in [1.165, 1.54) is 21.2 Å². The largest absolute Gasteiger partial charge is 0.188 e. The zero-order valence-electron chi connectivity index (χ0n) is 10.4. The summed E-state index contributed by atoms with van der Waals surface area (Å²) in [4.78, 5) is 0. The lowest BCUT2D eigenvalue weighted by molar-refractivity contribution is 2.38. The van der Waals surface area contributed by atoms with Crippen LogP contribution in [0.4, 0.5) is 0 Å². The van der Waals surface area contributed by atoms with Gasteiger partial charge >= 0.3 is 0 Å². The molecule has 11 heteroatoms. The Hall–Kier alpha value is 1.81. The Morgan fingerprint density at radius 1 is 0.442 bits per heavy atom. The molecule has 0 spiro atoms. The molecular formula is C32H134B8P3. The zero-order chi connectivity index (χ0) is 14.1. The van der Waals surface area contributed by atoms with Crippen LogP contribution < -0.4 is 0 Å². The lowest BCUT2D eigenvalue weighted by Gasteiger charge is -1.42. The lowest BCUT2D eigenvalue weighted by Crippen LogP contribution is -1.60. The van der Waals surface area contributed by atoms with Crippen molar-refractivity contribution in [2.45, 2.75) is 236 Å². The van der Waals surface area contributed by atoms with Gasteiger partial charge in [-0.2, -0.15) is 27.4 Å². The molecule has 0 aliphatic carbocycles. The minimum absolute atomic E-state index is 0. The summed E-state index contributed by atoms with van der Waals surface area (Å²) in [6.07, 6.45) is 0. The summed E-state index contributed by atoms with van der Waals surface area (Å²) >= 11 is 0. The van der Waals surface area contributed by atoms with Crippen molar-refractivity contribution >= 4 is 88.2 Å². The molecule has 0 fully saturated rings. The van der Waals surface area contributed by atoms with Crippen molar-refractivity contribution in [1.82, 2.24) is 0 Å². The lowest BCUT2D eigenvalue weighted by atomic mass is 9.79. The molecule has 43 heavy (non-hydrogen) atoms. The van der Waals surface area contributed by atoms with Crippen LogP contribution in [0.5, 0.6) is 0 Å². The molecule has 0 aromatic rings. The van der Waals surface area contributed by atoms with Crippen molar-refractivity contribution in [3.05, 3.63) is 0 Å². The van der Waals surface area contributed by atoms with Gasteiger partial charge in [0.2, 0.25) is 0 Å². The molecule has 0 amide bonds. The predicted molar refractivity (Wildman–Crippen MR) is 292 cm³/mol. The first-order valence-corrected chi connectivity index (χ1v) is 4.82. The number of rotatable bonds is 0. The third-order valence-corrected chi connectivity index (χ3v) is 0. The average Bonchev–Trinajstić information content (AvgIpc) is 2.29. The Morgan fingerprint density at radius 3 is 0.442 bits per heavy atom. The Balaban J connectivity index is -0.000000000563. The maximum Gasteiger partial charge on any atom is 0.134 e. The molecule has 3 atom stereocenters. The molecule has 0 saturated carbocycles. The van der Waals surface area contributed by atoms with Gasteiger partial charge in [-0.05, 0) is 2.67 Å². The Labute approximate surface area is 326 Å². The van der Waals surface area contributed by atoms with Crippen LogP contribution in [0.1, 0.15) is 223 Å². The first-order valence-electron chi connectivity index (χ1n) is 3.98. The van der Waals surface area contributed by atoms with Crippen molar-refractivity contribution in [2.75, 3.05) is 0 Å². The average molecular weight is 701 g/mol. The summed E-state index contributed by atoms with van der Waals surface area (Å²) in [5.74, 6) is 0. The molecule has 0 nitrogen and oxygen atoms in total. The molecule has 3 unspecified atom stereocenters. The van der Waals surface area contributed by atoms with Gasteiger partial charge in [0.15, 0.2) is 0 Å². The molecule has 0 heterocycles. The molecule has 0 N–H and O–H groups in total. The monoisotopic (exact) mass is 702 g/mol. The predicted octanol–water partition coefficient (Wildman–Crippen LogP) is 17.6. The molecular weight excluding hydrogens is 564 g/mol. The summed E-state index contributed by atoms with van der Waals surface area (Å²) in [5.41, 5.74) is 0. The van der Waals surface area contributed by atoms with Crippen LogP contribution in [0.2, 0.25) is 13.6 Å². The van der Waals surface area contributed by atoms with Crippen molar-refractivity contribution in [2.24, 2.45) is 0 Å². The number of hydrogen-bond donors (Lipinski definition) is 0. The standard InChI is InChI=1S/CH5BP.CH3B.30CH4.B2H2P.B2.BH3P.BH/c1-2-3;1-2;;;;;;;;;;;;;;;;;;;;;;;;;;;;;;;1-2-3;2*1-2;/h3H2,1H3;1H3;30*1H4;3H2;;1H,2H2;1H/i;;;;;;;;;;;;;;;;;;;;;;;;;;;;;;;;;;2*1D. The van der Waals surface area contributed by atoms with E-state index in [0.717, 1.165) is 0 Å². The molecule has 0 aromatic carbocycles. The van der Waals surface area contributed by atoms with Gasteiger partial charge < -0.3 is 0 Å². The van der Waals surface area contributed by atoms with E-state index in [1.807, 2.05) is 13.8 Å². The highest BCUT2D eigenvalue weighted by atomic mass is 31.0. The van der Waals surface area contributed by atoms with Crippen molar-refractivity contribution in [3.8, 4) is 0 Å². The van der Waals surface area contributed by atoms with Crippen LogP contribution in [0.25, 0.3) is 0 Å². The van der Waals surface area contributed by atoms with E-state index in [0.29, 0.717) is 0 Å². The van der Waals surface area contributed by atoms with Crippen LogP contribution in [0, 0.1) is 0 Å². The fraction of sp³-hybridized carbons (Fsp3) is 1.00. The van der Waals surface area contributed by atoms with Gasteiger partial charge in [0.25, 0.3) is 0 Å². The fourth-order valence-electron chi connectivity index (χ4n) is 0. The number of hydrogen-bond acceptors (Lipinski definition) is 0. The highest BCUT2D eigenvalue weighted by Gasteiger charge is 1.42. The van der Waals surface area contributed by atoms with E-state index < -0.39 is 0 Å². The molecule has 0 aliphatic heterocycles. The van der Waals surface area contributed by atoms with Crippen LogP contribution >= 0.6 is 27.4 Å². The Bertz CT molecular complexity index is 61.1. The van der Waals surface area contributed by atoms with E-state index in [9.17, 15) is 0 Å². The minimum atomic E-state index is 0. The van der Waals surface area contributed by atoms with Gasteiger partial charge in [0.1, 0.15) is 14.5 Å². The highest BCUT2D eigenvalue weighted by Crippen LogP contribution is 1.63. The zero-order valence-corrected chi connectivity index (χ0v) is 11.8. The SMILES string of the molecule is C.C.C.C.C.C.C.C.C.C.C.C.C.C.C.C.C.C.C.C.C.C.C.C.C.C.C.C.C.C.C[B]P.[2H][B].[2H][B]P.[B]C.[B][B].[B][B]P. The smallest absolute Gasteiger partial charge is 0.134 e. The summed E-state index contributed by atoms with van der Waals surface area (Å²) < 4.78 is 11.3. The molecule has 0 aromatic heterocycles. The van der Waals surface area contributed by atoms with E-state index in [1.54, 1.807) is 0 Å². The second kappa shape index (κ2) is 5530. The molecule has 13 radical (unpaired) electrons. The van der Waals surface area contributed by atoms with E-state index in [-0.39, 0.29) is 223 Å². The maximum absolute atomic E-state index is 6.05. The van der Waals surface area contributed by atoms with Gasteiger partial charge in [-0.15, -0.1) is 0 Å². The van der Waals surface area contributed by atoms with Crippen LogP contribution in [-0.2, 0) is 0 Å². The van der Waals surface area contributed by atoms with Gasteiger partial charge in [-0.25, -0.2) is 0 Å². The summed E-state index contributed by atoms with van der Waals surface area (Å²) in [6.45, 7) is 6.80. The maximum atomic E-state index is 6.05. The van der Waals surface area contributed by atoms with E-state index in [4.69, 9.17) is 2.67 Å². The molecule has 0 aliphatic rings. The van der Waals surface area contributed by atoms with Crippen LogP contribution in [0.15, 0.2) is 0 Å². The molecule has 301 valence electrons. The van der Waals surface area contributed by atoms with Crippen molar-refractivity contribution in [1.29, 1.82) is 2.67 Å². The molecule has 0 saturated heterocycles. The summed E-state index contributed by atoms with van der Waals surface area (Å²) in [6, 6.07) is 0. The molecule has 0 rings (SSSR count). The van der Waals surface area contributed by atoms with E-state index in [2.05, 4.69) is 66.8 Å². The van der Waals surface area contributed by atoms with Crippen molar-refractivity contribution in [3.63, 3.8) is 0 Å². The quantitative estimate of drug-likeness (QED) is 0.174. The van der Waals surface area contributed by atoms with Crippen molar-refractivity contribution < 1.29 is 0 Å². The van der Waals surface area contributed by atoms with E-state index >= 15 is 0 Å². The topological polar surface area (TPSA) is 0 Å². The minimum Gasteiger partial charge on any atom is -0.188 e. The fourth-order valence-corrected chi connectivity index (χ4v) is 0. The normalized spacial score (nSPS) is 1.33. The third kappa shape index (κ3) is 23400. The second-order valence-corrected chi connectivity index (χ2v) is 1.58. The summed E-state index contributed by atoms with van der Waals surface area (Å²) in [7, 11) is 28.9. The first kappa shape index (κ1) is 736. The Morgan fingerprint density at radius 2 is 0.442 bits per heavy atom. The highest BCUT2D eigenvalue weighted by molar-refractivity contribution is 7.65.